The van der Waals surface area contributed by atoms with E-state index in [-0.39, 0.29) is 12.5 Å². The standard InChI is InChI=1S/C19H24N2O5/c1-11-15(12(2)21-20-11)14-8-6-13(7-9-14)10-19(16(22)23,17(24)25)26-18(3,4)5/h6-9,11H,10H2,1-5H3,(H,22,23)(H,24,25). The van der Waals surface area contributed by atoms with Crippen molar-refractivity contribution in [3.8, 4) is 0 Å². The molecule has 7 nitrogen and oxygen atoms in total. The smallest absolute Gasteiger partial charge is 0.348 e. The number of azo groups is 1. The highest BCUT2D eigenvalue weighted by molar-refractivity contribution is 6.02. The first-order valence-corrected chi connectivity index (χ1v) is 8.34. The molecule has 1 atom stereocenters. The molecule has 0 amide bonds. The molecule has 0 fully saturated rings. The maximum atomic E-state index is 11.8. The number of nitrogens with zero attached hydrogens (tertiary/aromatic N) is 2. The minimum Gasteiger partial charge on any atom is -0.479 e. The largest absolute Gasteiger partial charge is 0.479 e. The predicted molar refractivity (Wildman–Crippen MR) is 95.9 cm³/mol. The van der Waals surface area contributed by atoms with Crippen LogP contribution in [-0.4, -0.2) is 39.4 Å². The number of hydrogen-bond acceptors (Lipinski definition) is 5. The van der Waals surface area contributed by atoms with Gasteiger partial charge in [0.2, 0.25) is 0 Å². The Morgan fingerprint density at radius 2 is 1.65 bits per heavy atom. The Morgan fingerprint density at radius 3 is 2.04 bits per heavy atom. The lowest BCUT2D eigenvalue weighted by Gasteiger charge is -2.33. The Morgan fingerprint density at radius 1 is 1.12 bits per heavy atom. The van der Waals surface area contributed by atoms with E-state index in [4.69, 9.17) is 4.74 Å². The maximum Gasteiger partial charge on any atom is 0.348 e. The van der Waals surface area contributed by atoms with Crippen LogP contribution in [0.4, 0.5) is 0 Å². The SMILES string of the molecule is CC1=C(c2ccc(CC(OC(C)(C)C)(C(=O)O)C(=O)O)cc2)C(C)N=N1. The van der Waals surface area contributed by atoms with Crippen molar-refractivity contribution < 1.29 is 24.5 Å². The number of carboxylic acid groups (broad SMARTS) is 2. The monoisotopic (exact) mass is 360 g/mol. The first kappa shape index (κ1) is 19.8. The van der Waals surface area contributed by atoms with E-state index in [0.29, 0.717) is 5.56 Å². The summed E-state index contributed by atoms with van der Waals surface area (Å²) in [5, 5.41) is 27.3. The van der Waals surface area contributed by atoms with Crippen LogP contribution in [0.15, 0.2) is 40.2 Å². The molecule has 7 heteroatoms. The van der Waals surface area contributed by atoms with Crippen molar-refractivity contribution in [2.24, 2.45) is 10.2 Å². The van der Waals surface area contributed by atoms with Gasteiger partial charge in [0.15, 0.2) is 0 Å². The molecule has 0 saturated heterocycles. The van der Waals surface area contributed by atoms with E-state index in [1.165, 1.54) is 0 Å². The van der Waals surface area contributed by atoms with Gasteiger partial charge in [-0.3, -0.25) is 0 Å². The summed E-state index contributed by atoms with van der Waals surface area (Å²) in [4.78, 5) is 23.5. The molecular weight excluding hydrogens is 336 g/mol. The number of ether oxygens (including phenoxy) is 1. The molecule has 1 aromatic carbocycles. The third kappa shape index (κ3) is 3.99. The molecule has 26 heavy (non-hydrogen) atoms. The van der Waals surface area contributed by atoms with Crippen LogP contribution in [-0.2, 0) is 20.7 Å². The van der Waals surface area contributed by atoms with Crippen LogP contribution in [0.2, 0.25) is 0 Å². The summed E-state index contributed by atoms with van der Waals surface area (Å²) in [5.74, 6) is -3.05. The van der Waals surface area contributed by atoms with Crippen molar-refractivity contribution in [3.05, 3.63) is 41.1 Å². The Kier molecular flexibility index (Phi) is 5.32. The quantitative estimate of drug-likeness (QED) is 0.754. The van der Waals surface area contributed by atoms with E-state index in [1.807, 2.05) is 26.0 Å². The van der Waals surface area contributed by atoms with Gasteiger partial charge in [0.05, 0.1) is 17.3 Å². The minimum absolute atomic E-state index is 0.0396. The van der Waals surface area contributed by atoms with Gasteiger partial charge in [-0.1, -0.05) is 24.3 Å². The molecule has 0 aromatic heterocycles. The fourth-order valence-electron chi connectivity index (χ4n) is 3.02. The molecule has 0 radical (unpaired) electrons. The Bertz CT molecular complexity index is 758. The second kappa shape index (κ2) is 6.99. The number of benzene rings is 1. The molecule has 1 aromatic rings. The Balaban J connectivity index is 2.34. The Hall–Kier alpha value is -2.54. The van der Waals surface area contributed by atoms with E-state index in [9.17, 15) is 19.8 Å². The predicted octanol–water partition coefficient (Wildman–Crippen LogP) is 3.54. The van der Waals surface area contributed by atoms with E-state index >= 15 is 0 Å². The number of aliphatic carboxylic acids is 2. The zero-order valence-electron chi connectivity index (χ0n) is 15.6. The highest BCUT2D eigenvalue weighted by atomic mass is 16.6. The van der Waals surface area contributed by atoms with Gasteiger partial charge in [0.25, 0.3) is 5.60 Å². The van der Waals surface area contributed by atoms with Crippen molar-refractivity contribution >= 4 is 17.5 Å². The summed E-state index contributed by atoms with van der Waals surface area (Å²) in [6.45, 7) is 8.70. The van der Waals surface area contributed by atoms with Crippen molar-refractivity contribution in [2.75, 3.05) is 0 Å². The van der Waals surface area contributed by atoms with Gasteiger partial charge >= 0.3 is 11.9 Å². The Labute approximate surface area is 152 Å². The third-order valence-corrected chi connectivity index (χ3v) is 4.08. The molecule has 1 aliphatic heterocycles. The van der Waals surface area contributed by atoms with Crippen molar-refractivity contribution in [1.29, 1.82) is 0 Å². The summed E-state index contributed by atoms with van der Waals surface area (Å²) in [7, 11) is 0. The van der Waals surface area contributed by atoms with Crippen LogP contribution in [0.3, 0.4) is 0 Å². The molecule has 0 aliphatic carbocycles. The van der Waals surface area contributed by atoms with Gasteiger partial charge in [0.1, 0.15) is 0 Å². The summed E-state index contributed by atoms with van der Waals surface area (Å²) in [6, 6.07) is 7.04. The fraction of sp³-hybridized carbons (Fsp3) is 0.474. The average Bonchev–Trinajstić information content (AvgIpc) is 2.85. The highest BCUT2D eigenvalue weighted by Crippen LogP contribution is 2.32. The molecule has 0 saturated carbocycles. The van der Waals surface area contributed by atoms with Crippen LogP contribution in [0.25, 0.3) is 5.57 Å². The molecule has 1 aliphatic rings. The zero-order valence-corrected chi connectivity index (χ0v) is 15.6. The first-order chi connectivity index (χ1) is 12.0. The van der Waals surface area contributed by atoms with E-state index in [1.54, 1.807) is 32.9 Å². The summed E-state index contributed by atoms with van der Waals surface area (Å²) < 4.78 is 5.48. The van der Waals surface area contributed by atoms with Gasteiger partial charge in [-0.05, 0) is 45.7 Å². The number of carboxylic acids is 2. The van der Waals surface area contributed by atoms with E-state index < -0.39 is 23.1 Å². The van der Waals surface area contributed by atoms with Crippen LogP contribution >= 0.6 is 0 Å². The number of carbonyl (C=O) groups is 2. The molecule has 1 unspecified atom stereocenters. The lowest BCUT2D eigenvalue weighted by Crippen LogP contribution is -2.54. The van der Waals surface area contributed by atoms with Gasteiger partial charge in [-0.15, -0.1) is 0 Å². The molecular formula is C19H24N2O5. The van der Waals surface area contributed by atoms with E-state index in [2.05, 4.69) is 10.2 Å². The zero-order chi connectivity index (χ0) is 19.7. The van der Waals surface area contributed by atoms with Gasteiger partial charge in [0, 0.05) is 12.0 Å². The number of rotatable bonds is 6. The fourth-order valence-corrected chi connectivity index (χ4v) is 3.02. The summed E-state index contributed by atoms with van der Waals surface area (Å²) in [6.07, 6.45) is -0.280. The van der Waals surface area contributed by atoms with Gasteiger partial charge < -0.3 is 14.9 Å². The minimum atomic E-state index is -2.35. The normalized spacial score (nSPS) is 17.7. The molecule has 1 heterocycles. The van der Waals surface area contributed by atoms with Crippen molar-refractivity contribution in [3.63, 3.8) is 0 Å². The highest BCUT2D eigenvalue weighted by Gasteiger charge is 2.50. The van der Waals surface area contributed by atoms with Crippen LogP contribution < -0.4 is 0 Å². The average molecular weight is 360 g/mol. The molecule has 140 valence electrons. The van der Waals surface area contributed by atoms with Crippen molar-refractivity contribution in [2.45, 2.75) is 58.3 Å². The molecule has 2 N–H and O–H groups in total. The number of allylic oxidation sites excluding steroid dienone is 1. The molecule has 0 bridgehead atoms. The molecule has 2 rings (SSSR count). The first-order valence-electron chi connectivity index (χ1n) is 8.34. The third-order valence-electron chi connectivity index (χ3n) is 4.08. The van der Waals surface area contributed by atoms with Crippen LogP contribution in [0.1, 0.15) is 45.7 Å². The number of hydrogen-bond donors (Lipinski definition) is 2. The lowest BCUT2D eigenvalue weighted by atomic mass is 9.91. The van der Waals surface area contributed by atoms with E-state index in [0.717, 1.165) is 16.8 Å². The summed E-state index contributed by atoms with van der Waals surface area (Å²) >= 11 is 0. The summed E-state index contributed by atoms with van der Waals surface area (Å²) in [5.41, 5.74) is 0.0514. The lowest BCUT2D eigenvalue weighted by molar-refractivity contribution is -0.199. The second-order valence-corrected chi connectivity index (χ2v) is 7.42. The van der Waals surface area contributed by atoms with Gasteiger partial charge in [-0.25, -0.2) is 9.59 Å². The topological polar surface area (TPSA) is 109 Å². The van der Waals surface area contributed by atoms with Crippen LogP contribution in [0, 0.1) is 0 Å². The van der Waals surface area contributed by atoms with Gasteiger partial charge in [-0.2, -0.15) is 10.2 Å². The van der Waals surface area contributed by atoms with Crippen LogP contribution in [0.5, 0.6) is 0 Å². The maximum absolute atomic E-state index is 11.8. The molecule has 0 spiro atoms. The van der Waals surface area contributed by atoms with Crippen molar-refractivity contribution in [1.82, 2.24) is 0 Å². The second-order valence-electron chi connectivity index (χ2n) is 7.42.